The maximum Gasteiger partial charge on any atom is 0.242 e. The van der Waals surface area contributed by atoms with Crippen LogP contribution in [0.4, 0.5) is 5.69 Å². The number of amides is 1. The Morgan fingerprint density at radius 2 is 2.35 bits per heavy atom. The van der Waals surface area contributed by atoms with E-state index in [1.807, 2.05) is 32.7 Å². The van der Waals surface area contributed by atoms with Crippen molar-refractivity contribution < 1.29 is 4.79 Å². The standard InChI is InChI=1S/C11H18N4OS/c1-7-10(8(2)15(3)14-7)13-11(16)9-6-17-5-4-12-9/h9,12H,4-6H2,1-3H3,(H,13,16). The van der Waals surface area contributed by atoms with Crippen LogP contribution in [0, 0.1) is 13.8 Å². The lowest BCUT2D eigenvalue weighted by atomic mass is 10.2. The van der Waals surface area contributed by atoms with Crippen LogP contribution in [0.15, 0.2) is 0 Å². The van der Waals surface area contributed by atoms with Crippen LogP contribution in [0.25, 0.3) is 0 Å². The molecule has 1 fully saturated rings. The highest BCUT2D eigenvalue weighted by molar-refractivity contribution is 7.99. The largest absolute Gasteiger partial charge is 0.322 e. The third kappa shape index (κ3) is 2.63. The van der Waals surface area contributed by atoms with E-state index in [1.54, 1.807) is 4.68 Å². The summed E-state index contributed by atoms with van der Waals surface area (Å²) in [5.41, 5.74) is 2.69. The van der Waals surface area contributed by atoms with Gasteiger partial charge in [-0.3, -0.25) is 9.48 Å². The number of carbonyl (C=O) groups is 1. The number of thioether (sulfide) groups is 1. The summed E-state index contributed by atoms with van der Waals surface area (Å²) in [6, 6.07) is -0.0900. The molecule has 6 heteroatoms. The minimum absolute atomic E-state index is 0.0383. The monoisotopic (exact) mass is 254 g/mol. The smallest absolute Gasteiger partial charge is 0.242 e. The minimum atomic E-state index is -0.0900. The molecule has 94 valence electrons. The summed E-state index contributed by atoms with van der Waals surface area (Å²) in [6.07, 6.45) is 0. The van der Waals surface area contributed by atoms with Crippen molar-refractivity contribution in [2.24, 2.45) is 7.05 Å². The predicted molar refractivity (Wildman–Crippen MR) is 70.4 cm³/mol. The fraction of sp³-hybridized carbons (Fsp3) is 0.636. The summed E-state index contributed by atoms with van der Waals surface area (Å²) in [4.78, 5) is 12.1. The van der Waals surface area contributed by atoms with E-state index in [0.717, 1.165) is 35.1 Å². The average Bonchev–Trinajstić information content (AvgIpc) is 2.57. The second-order valence-electron chi connectivity index (χ2n) is 4.24. The summed E-state index contributed by atoms with van der Waals surface area (Å²) in [5.74, 6) is 1.95. The van der Waals surface area contributed by atoms with Crippen LogP contribution in [0.2, 0.25) is 0 Å². The Morgan fingerprint density at radius 1 is 1.59 bits per heavy atom. The number of aromatic nitrogens is 2. The van der Waals surface area contributed by atoms with Gasteiger partial charge in [0.05, 0.1) is 23.1 Å². The molecule has 2 heterocycles. The van der Waals surface area contributed by atoms with E-state index in [-0.39, 0.29) is 11.9 Å². The molecule has 0 aromatic carbocycles. The fourth-order valence-electron chi connectivity index (χ4n) is 1.90. The Balaban J connectivity index is 2.07. The zero-order valence-electron chi connectivity index (χ0n) is 10.4. The fourth-order valence-corrected chi connectivity index (χ4v) is 2.83. The van der Waals surface area contributed by atoms with Crippen LogP contribution in [0.5, 0.6) is 0 Å². The molecule has 0 spiro atoms. The van der Waals surface area contributed by atoms with E-state index < -0.39 is 0 Å². The van der Waals surface area contributed by atoms with Crippen molar-refractivity contribution in [3.63, 3.8) is 0 Å². The maximum atomic E-state index is 12.1. The number of carbonyl (C=O) groups excluding carboxylic acids is 1. The van der Waals surface area contributed by atoms with E-state index >= 15 is 0 Å². The molecule has 0 aliphatic carbocycles. The topological polar surface area (TPSA) is 59.0 Å². The quantitative estimate of drug-likeness (QED) is 0.815. The molecule has 17 heavy (non-hydrogen) atoms. The highest BCUT2D eigenvalue weighted by Gasteiger charge is 2.22. The summed E-state index contributed by atoms with van der Waals surface area (Å²) in [6.45, 7) is 4.76. The zero-order chi connectivity index (χ0) is 12.4. The lowest BCUT2D eigenvalue weighted by Gasteiger charge is -2.22. The minimum Gasteiger partial charge on any atom is -0.322 e. The van der Waals surface area contributed by atoms with Gasteiger partial charge in [-0.1, -0.05) is 0 Å². The number of anilines is 1. The summed E-state index contributed by atoms with van der Waals surface area (Å²) in [5, 5.41) is 10.5. The van der Waals surface area contributed by atoms with E-state index in [0.29, 0.717) is 0 Å². The lowest BCUT2D eigenvalue weighted by molar-refractivity contribution is -0.117. The van der Waals surface area contributed by atoms with Crippen LogP contribution in [-0.4, -0.2) is 39.8 Å². The van der Waals surface area contributed by atoms with Gasteiger partial charge < -0.3 is 10.6 Å². The number of nitrogens with zero attached hydrogens (tertiary/aromatic N) is 2. The molecule has 1 aromatic heterocycles. The van der Waals surface area contributed by atoms with Crippen molar-refractivity contribution in [3.05, 3.63) is 11.4 Å². The Kier molecular flexibility index (Phi) is 3.73. The molecule has 1 aliphatic heterocycles. The molecular formula is C11H18N4OS. The van der Waals surface area contributed by atoms with Crippen molar-refractivity contribution in [2.75, 3.05) is 23.4 Å². The third-order valence-corrected chi connectivity index (χ3v) is 4.06. The van der Waals surface area contributed by atoms with Gasteiger partial charge in [0.2, 0.25) is 5.91 Å². The van der Waals surface area contributed by atoms with Gasteiger partial charge in [0.1, 0.15) is 0 Å². The molecule has 1 aromatic rings. The van der Waals surface area contributed by atoms with Crippen LogP contribution < -0.4 is 10.6 Å². The molecule has 0 saturated carbocycles. The van der Waals surface area contributed by atoms with Crippen molar-refractivity contribution in [1.82, 2.24) is 15.1 Å². The number of hydrogen-bond acceptors (Lipinski definition) is 4. The van der Waals surface area contributed by atoms with Gasteiger partial charge in [-0.15, -0.1) is 0 Å². The molecule has 0 bridgehead atoms. The Labute approximate surface area is 105 Å². The van der Waals surface area contributed by atoms with Crippen LogP contribution in [-0.2, 0) is 11.8 Å². The van der Waals surface area contributed by atoms with Crippen molar-refractivity contribution in [3.8, 4) is 0 Å². The van der Waals surface area contributed by atoms with Crippen molar-refractivity contribution >= 4 is 23.4 Å². The van der Waals surface area contributed by atoms with Gasteiger partial charge in [-0.2, -0.15) is 16.9 Å². The van der Waals surface area contributed by atoms with Crippen molar-refractivity contribution in [1.29, 1.82) is 0 Å². The van der Waals surface area contributed by atoms with E-state index in [9.17, 15) is 4.79 Å². The van der Waals surface area contributed by atoms with Crippen molar-refractivity contribution in [2.45, 2.75) is 19.9 Å². The number of rotatable bonds is 2. The molecule has 1 aliphatic rings. The van der Waals surface area contributed by atoms with E-state index in [2.05, 4.69) is 15.7 Å². The van der Waals surface area contributed by atoms with Gasteiger partial charge in [0.15, 0.2) is 0 Å². The summed E-state index contributed by atoms with van der Waals surface area (Å²) in [7, 11) is 1.88. The molecule has 1 unspecified atom stereocenters. The van der Waals surface area contributed by atoms with Crippen LogP contribution in [0.3, 0.4) is 0 Å². The number of aryl methyl sites for hydroxylation is 2. The van der Waals surface area contributed by atoms with Crippen LogP contribution >= 0.6 is 11.8 Å². The Hall–Kier alpha value is -1.01. The third-order valence-electron chi connectivity index (χ3n) is 3.00. The molecule has 5 nitrogen and oxygen atoms in total. The first-order valence-corrected chi connectivity index (χ1v) is 6.87. The molecule has 1 atom stereocenters. The van der Waals surface area contributed by atoms with Gasteiger partial charge in [-0.25, -0.2) is 0 Å². The molecule has 1 saturated heterocycles. The van der Waals surface area contributed by atoms with Crippen LogP contribution in [0.1, 0.15) is 11.4 Å². The van der Waals surface area contributed by atoms with Gasteiger partial charge in [-0.05, 0) is 13.8 Å². The molecule has 2 rings (SSSR count). The molecule has 0 radical (unpaired) electrons. The highest BCUT2D eigenvalue weighted by Crippen LogP contribution is 2.19. The maximum absolute atomic E-state index is 12.1. The first-order valence-electron chi connectivity index (χ1n) is 5.72. The first-order chi connectivity index (χ1) is 8.09. The second-order valence-corrected chi connectivity index (χ2v) is 5.39. The number of nitrogens with one attached hydrogen (secondary N) is 2. The van der Waals surface area contributed by atoms with Gasteiger partial charge in [0.25, 0.3) is 0 Å². The predicted octanol–water partition coefficient (Wildman–Crippen LogP) is 0.680. The molecule has 1 amide bonds. The molecular weight excluding hydrogens is 236 g/mol. The summed E-state index contributed by atoms with van der Waals surface area (Å²) >= 11 is 1.81. The van der Waals surface area contributed by atoms with Gasteiger partial charge in [0, 0.05) is 25.1 Å². The zero-order valence-corrected chi connectivity index (χ0v) is 11.2. The Morgan fingerprint density at radius 3 is 2.88 bits per heavy atom. The second kappa shape index (κ2) is 5.10. The normalized spacial score (nSPS) is 20.3. The molecule has 2 N–H and O–H groups in total. The van der Waals surface area contributed by atoms with E-state index in [1.165, 1.54) is 0 Å². The SMILES string of the molecule is Cc1nn(C)c(C)c1NC(=O)C1CSCCN1. The Bertz CT molecular complexity index is 423. The first kappa shape index (κ1) is 12.4. The number of hydrogen-bond donors (Lipinski definition) is 2. The van der Waals surface area contributed by atoms with E-state index in [4.69, 9.17) is 0 Å². The highest BCUT2D eigenvalue weighted by atomic mass is 32.2. The summed E-state index contributed by atoms with van der Waals surface area (Å²) < 4.78 is 1.79. The lowest BCUT2D eigenvalue weighted by Crippen LogP contribution is -2.46. The van der Waals surface area contributed by atoms with Gasteiger partial charge >= 0.3 is 0 Å². The average molecular weight is 254 g/mol.